The third kappa shape index (κ3) is 3.15. The normalized spacial score (nSPS) is 24.7. The van der Waals surface area contributed by atoms with E-state index >= 15 is 0 Å². The van der Waals surface area contributed by atoms with Gasteiger partial charge in [-0.05, 0) is 47.2 Å². The van der Waals surface area contributed by atoms with Gasteiger partial charge in [0.2, 0.25) is 0 Å². The summed E-state index contributed by atoms with van der Waals surface area (Å²) in [4.78, 5) is 13.4. The number of benzene rings is 3. The van der Waals surface area contributed by atoms with Crippen LogP contribution in [-0.4, -0.2) is 21.8 Å². The molecule has 6 rings (SSSR count). The molecule has 0 unspecified atom stereocenters. The standard InChI is InChI=1S/C25H18BrN3O2S/c26-18-10-6-7-16(13-18)14-23-25(27-24(30)32-23)29-21(19-11-4-5-12-22(19)31-25)15-20(28-29)17-8-2-1-3-9-17/h1-14,21H,15H2,(H,27,30)/b23-14-/t21-,25-/m0/s1. The maximum absolute atomic E-state index is 12.7. The zero-order valence-electron chi connectivity index (χ0n) is 16.9. The van der Waals surface area contributed by atoms with E-state index in [2.05, 4.69) is 39.4 Å². The summed E-state index contributed by atoms with van der Waals surface area (Å²) in [6.07, 6.45) is 2.73. The molecular formula is C25H18BrN3O2S. The van der Waals surface area contributed by atoms with Crippen molar-refractivity contribution in [3.05, 3.63) is 105 Å². The number of rotatable bonds is 2. The number of carbonyl (C=O) groups is 1. The van der Waals surface area contributed by atoms with Crippen LogP contribution in [0, 0.1) is 0 Å². The molecule has 2 atom stereocenters. The minimum Gasteiger partial charge on any atom is -0.444 e. The molecule has 3 aromatic rings. The van der Waals surface area contributed by atoms with Crippen molar-refractivity contribution in [3.8, 4) is 5.75 Å². The Balaban J connectivity index is 1.52. The van der Waals surface area contributed by atoms with Crippen molar-refractivity contribution in [1.82, 2.24) is 10.3 Å². The quantitative estimate of drug-likeness (QED) is 0.455. The molecule has 158 valence electrons. The van der Waals surface area contributed by atoms with Gasteiger partial charge in [-0.2, -0.15) is 5.10 Å². The van der Waals surface area contributed by atoms with Gasteiger partial charge in [-0.3, -0.25) is 10.1 Å². The summed E-state index contributed by atoms with van der Waals surface area (Å²) in [5.41, 5.74) is 4.09. The minimum atomic E-state index is -1.18. The highest BCUT2D eigenvalue weighted by Gasteiger charge is 2.58. The maximum Gasteiger partial charge on any atom is 0.314 e. The number of carbonyl (C=O) groups excluding carboxylic acids is 1. The third-order valence-electron chi connectivity index (χ3n) is 5.83. The first-order chi connectivity index (χ1) is 15.6. The van der Waals surface area contributed by atoms with E-state index in [4.69, 9.17) is 9.84 Å². The molecule has 5 nitrogen and oxygen atoms in total. The van der Waals surface area contributed by atoms with Crippen LogP contribution in [0.25, 0.3) is 6.08 Å². The molecule has 0 bridgehead atoms. The minimum absolute atomic E-state index is 0.0416. The Hall–Kier alpha value is -3.03. The van der Waals surface area contributed by atoms with Crippen molar-refractivity contribution in [1.29, 1.82) is 0 Å². The number of nitrogens with zero attached hydrogens (tertiary/aromatic N) is 2. The van der Waals surface area contributed by atoms with Crippen molar-refractivity contribution in [2.45, 2.75) is 18.3 Å². The molecule has 0 aliphatic carbocycles. The van der Waals surface area contributed by atoms with Gasteiger partial charge >= 0.3 is 5.85 Å². The first-order valence-corrected chi connectivity index (χ1v) is 11.9. The number of amides is 1. The van der Waals surface area contributed by atoms with Gasteiger partial charge in [-0.1, -0.05) is 76.6 Å². The van der Waals surface area contributed by atoms with Crippen molar-refractivity contribution in [2.75, 3.05) is 0 Å². The highest BCUT2D eigenvalue weighted by molar-refractivity contribution is 9.10. The van der Waals surface area contributed by atoms with Crippen LogP contribution in [0.4, 0.5) is 4.79 Å². The highest BCUT2D eigenvalue weighted by atomic mass is 79.9. The smallest absolute Gasteiger partial charge is 0.314 e. The second-order valence-corrected chi connectivity index (χ2v) is 9.77. The lowest BCUT2D eigenvalue weighted by Crippen LogP contribution is -2.61. The zero-order valence-corrected chi connectivity index (χ0v) is 19.3. The zero-order chi connectivity index (χ0) is 21.7. The number of hydrogen-bond acceptors (Lipinski definition) is 5. The molecule has 7 heteroatoms. The first-order valence-electron chi connectivity index (χ1n) is 10.3. The van der Waals surface area contributed by atoms with Crippen molar-refractivity contribution >= 4 is 44.7 Å². The van der Waals surface area contributed by atoms with Crippen molar-refractivity contribution < 1.29 is 9.53 Å². The Morgan fingerprint density at radius 1 is 1.09 bits per heavy atom. The summed E-state index contributed by atoms with van der Waals surface area (Å²) in [6.45, 7) is 0. The van der Waals surface area contributed by atoms with Gasteiger partial charge in [0.25, 0.3) is 5.24 Å². The van der Waals surface area contributed by atoms with E-state index in [1.165, 1.54) is 0 Å². The Bertz CT molecular complexity index is 1290. The van der Waals surface area contributed by atoms with Crippen LogP contribution in [0.2, 0.25) is 0 Å². The maximum atomic E-state index is 12.7. The van der Waals surface area contributed by atoms with Crippen LogP contribution in [0.1, 0.15) is 29.2 Å². The summed E-state index contributed by atoms with van der Waals surface area (Å²) in [6, 6.07) is 26.1. The Kier molecular flexibility index (Phi) is 4.62. The molecule has 1 amide bonds. The number of nitrogens with one attached hydrogen (secondary N) is 1. The van der Waals surface area contributed by atoms with Gasteiger partial charge in [0.1, 0.15) is 5.75 Å². The van der Waals surface area contributed by atoms with E-state index in [-0.39, 0.29) is 11.3 Å². The van der Waals surface area contributed by atoms with Crippen LogP contribution in [0.3, 0.4) is 0 Å². The summed E-state index contributed by atoms with van der Waals surface area (Å²) < 4.78 is 7.52. The predicted molar refractivity (Wildman–Crippen MR) is 130 cm³/mol. The molecule has 1 N–H and O–H groups in total. The second-order valence-electron chi connectivity index (χ2n) is 7.84. The van der Waals surface area contributed by atoms with Crippen molar-refractivity contribution in [3.63, 3.8) is 0 Å². The van der Waals surface area contributed by atoms with Gasteiger partial charge in [0.15, 0.2) is 0 Å². The lowest BCUT2D eigenvalue weighted by Gasteiger charge is -2.45. The number of ether oxygens (including phenoxy) is 1. The predicted octanol–water partition coefficient (Wildman–Crippen LogP) is 6.14. The average molecular weight is 504 g/mol. The average Bonchev–Trinajstić information content (AvgIpc) is 3.38. The molecule has 1 spiro atoms. The molecule has 1 fully saturated rings. The van der Waals surface area contributed by atoms with E-state index in [1.807, 2.05) is 71.7 Å². The highest BCUT2D eigenvalue weighted by Crippen LogP contribution is 2.52. The van der Waals surface area contributed by atoms with Crippen LogP contribution >= 0.6 is 27.7 Å². The fraction of sp³-hybridized carbons (Fsp3) is 0.120. The molecule has 0 radical (unpaired) electrons. The lowest BCUT2D eigenvalue weighted by molar-refractivity contribution is -0.0949. The lowest BCUT2D eigenvalue weighted by atomic mass is 9.95. The summed E-state index contributed by atoms with van der Waals surface area (Å²) in [5.74, 6) is -0.416. The van der Waals surface area contributed by atoms with Gasteiger partial charge in [-0.15, -0.1) is 0 Å². The largest absolute Gasteiger partial charge is 0.444 e. The SMILES string of the molecule is O=C1N[C@@]2(Oc3ccccc3[C@@H]3CC(c4ccccc4)=NN32)/C(=C/c2cccc(Br)c2)S1. The molecule has 0 aromatic heterocycles. The topological polar surface area (TPSA) is 53.9 Å². The van der Waals surface area contributed by atoms with Crippen LogP contribution in [0.5, 0.6) is 5.75 Å². The number of hydrazone groups is 1. The molecular weight excluding hydrogens is 486 g/mol. The van der Waals surface area contributed by atoms with E-state index in [9.17, 15) is 4.79 Å². The summed E-state index contributed by atoms with van der Waals surface area (Å²) >= 11 is 4.68. The molecule has 3 aromatic carbocycles. The number of halogens is 1. The first kappa shape index (κ1) is 19.6. The number of thioether (sulfide) groups is 1. The van der Waals surface area contributed by atoms with Gasteiger partial charge in [-0.25, -0.2) is 5.01 Å². The van der Waals surface area contributed by atoms with Gasteiger partial charge < -0.3 is 4.74 Å². The number of hydrogen-bond donors (Lipinski definition) is 1. The number of para-hydroxylation sites is 1. The Morgan fingerprint density at radius 3 is 2.75 bits per heavy atom. The van der Waals surface area contributed by atoms with Crippen LogP contribution in [0.15, 0.2) is 93.3 Å². The van der Waals surface area contributed by atoms with Gasteiger partial charge in [0, 0.05) is 16.5 Å². The monoisotopic (exact) mass is 503 g/mol. The van der Waals surface area contributed by atoms with E-state index in [0.29, 0.717) is 0 Å². The van der Waals surface area contributed by atoms with E-state index in [1.54, 1.807) is 0 Å². The van der Waals surface area contributed by atoms with E-state index in [0.717, 1.165) is 55.7 Å². The summed E-state index contributed by atoms with van der Waals surface area (Å²) in [7, 11) is 0. The third-order valence-corrected chi connectivity index (χ3v) is 7.23. The molecule has 0 saturated carbocycles. The van der Waals surface area contributed by atoms with E-state index < -0.39 is 5.85 Å². The van der Waals surface area contributed by atoms with Gasteiger partial charge in [0.05, 0.1) is 16.7 Å². The molecule has 3 aliphatic rings. The molecule has 1 saturated heterocycles. The number of fused-ring (bicyclic) bond motifs is 4. The molecule has 3 heterocycles. The second kappa shape index (κ2) is 7.53. The van der Waals surface area contributed by atoms with Crippen LogP contribution < -0.4 is 10.1 Å². The molecule has 3 aliphatic heterocycles. The fourth-order valence-corrected chi connectivity index (χ4v) is 5.74. The Labute approximate surface area is 198 Å². The Morgan fingerprint density at radius 2 is 1.91 bits per heavy atom. The van der Waals surface area contributed by atoms with Crippen LogP contribution in [-0.2, 0) is 0 Å². The van der Waals surface area contributed by atoms with Crippen molar-refractivity contribution in [2.24, 2.45) is 5.10 Å². The summed E-state index contributed by atoms with van der Waals surface area (Å²) in [5, 5.41) is 9.85. The molecule has 32 heavy (non-hydrogen) atoms. The fourth-order valence-electron chi connectivity index (χ4n) is 4.42.